The summed E-state index contributed by atoms with van der Waals surface area (Å²) in [5, 5.41) is 0. The molecule has 2 aliphatic carbocycles. The maximum Gasteiger partial charge on any atom is 0.471 e. The zero-order valence-electron chi connectivity index (χ0n) is 15.1. The van der Waals surface area contributed by atoms with Gasteiger partial charge in [0, 0.05) is 5.69 Å². The quantitative estimate of drug-likeness (QED) is 0.418. The first-order valence-corrected chi connectivity index (χ1v) is 8.99. The number of allylic oxidation sites excluding steroid dienone is 2. The van der Waals surface area contributed by atoms with E-state index in [-0.39, 0.29) is 16.7 Å². The molecule has 0 aromatic heterocycles. The van der Waals surface area contributed by atoms with Gasteiger partial charge in [-0.05, 0) is 36.5 Å². The van der Waals surface area contributed by atoms with E-state index >= 15 is 0 Å². The molecule has 1 saturated carbocycles. The van der Waals surface area contributed by atoms with E-state index in [1.54, 1.807) is 12.2 Å². The molecule has 3 amide bonds. The van der Waals surface area contributed by atoms with Gasteiger partial charge in [-0.1, -0.05) is 18.2 Å². The van der Waals surface area contributed by atoms with Crippen molar-refractivity contribution in [3.05, 3.63) is 42.0 Å². The van der Waals surface area contributed by atoms with Gasteiger partial charge >= 0.3 is 18.3 Å². The van der Waals surface area contributed by atoms with E-state index in [9.17, 15) is 40.7 Å². The number of carbonyl (C=O) groups is 3. The van der Waals surface area contributed by atoms with Crippen molar-refractivity contribution in [2.45, 2.75) is 18.8 Å². The van der Waals surface area contributed by atoms with Crippen LogP contribution in [-0.4, -0.2) is 35.5 Å². The molecule has 0 N–H and O–H groups in total. The highest BCUT2D eigenvalue weighted by molar-refractivity contribution is 6.07. The molecule has 3 aliphatic rings. The van der Waals surface area contributed by atoms with Crippen LogP contribution in [0, 0.1) is 23.7 Å². The molecule has 1 aliphatic heterocycles. The number of hydrogen-bond acceptors (Lipinski definition) is 3. The molecule has 11 heteroatoms. The van der Waals surface area contributed by atoms with E-state index < -0.39 is 59.8 Å². The standard InChI is InChI=1S/C19H14F6N2O3/c20-18(21,22)11-2-1-3-12(7-11)26(17(30)19(23,24)25)8-27-15(28)13-9-4-5-10(6-9)14(13)16(27)29/h1-5,7,9-10,13-14H,6,8H2/t9-,10-,13-,14-/m1/s1. The number of halogens is 6. The molecule has 1 aromatic carbocycles. The van der Waals surface area contributed by atoms with Crippen molar-refractivity contribution < 1.29 is 40.7 Å². The first-order chi connectivity index (χ1) is 13.9. The average molecular weight is 432 g/mol. The van der Waals surface area contributed by atoms with Gasteiger partial charge in [0.15, 0.2) is 0 Å². The number of imide groups is 1. The first kappa shape index (κ1) is 20.4. The Bertz CT molecular complexity index is 924. The summed E-state index contributed by atoms with van der Waals surface area (Å²) >= 11 is 0. The fraction of sp³-hybridized carbons (Fsp3) is 0.421. The van der Waals surface area contributed by atoms with Gasteiger partial charge in [0.1, 0.15) is 6.67 Å². The lowest BCUT2D eigenvalue weighted by atomic mass is 9.85. The van der Waals surface area contributed by atoms with Crippen molar-refractivity contribution in [3.63, 3.8) is 0 Å². The largest absolute Gasteiger partial charge is 0.471 e. The molecule has 30 heavy (non-hydrogen) atoms. The second-order valence-corrected chi connectivity index (χ2v) is 7.52. The predicted molar refractivity (Wildman–Crippen MR) is 89.4 cm³/mol. The van der Waals surface area contributed by atoms with E-state index in [1.165, 1.54) is 0 Å². The smallest absolute Gasteiger partial charge is 0.286 e. The van der Waals surface area contributed by atoms with Crippen LogP contribution in [0.15, 0.2) is 36.4 Å². The van der Waals surface area contributed by atoms with Crippen molar-refractivity contribution in [1.82, 2.24) is 4.90 Å². The number of amides is 3. The number of rotatable bonds is 3. The van der Waals surface area contributed by atoms with Gasteiger partial charge < -0.3 is 0 Å². The minimum atomic E-state index is -5.42. The Labute approximate surface area is 165 Å². The van der Waals surface area contributed by atoms with Gasteiger partial charge in [0.05, 0.1) is 17.4 Å². The Morgan fingerprint density at radius 3 is 2.07 bits per heavy atom. The molecule has 1 heterocycles. The minimum absolute atomic E-state index is 0.0125. The Kier molecular flexibility index (Phi) is 4.48. The van der Waals surface area contributed by atoms with Crippen LogP contribution < -0.4 is 4.90 Å². The normalized spacial score (nSPS) is 27.7. The highest BCUT2D eigenvalue weighted by atomic mass is 19.4. The lowest BCUT2D eigenvalue weighted by Gasteiger charge is -2.29. The zero-order valence-corrected chi connectivity index (χ0v) is 15.1. The van der Waals surface area contributed by atoms with Gasteiger partial charge in [0.2, 0.25) is 11.8 Å². The summed E-state index contributed by atoms with van der Waals surface area (Å²) in [6, 6.07) is 2.75. The molecule has 1 aromatic rings. The van der Waals surface area contributed by atoms with Gasteiger partial charge in [0.25, 0.3) is 0 Å². The Balaban J connectivity index is 1.68. The fourth-order valence-electron chi connectivity index (χ4n) is 4.51. The Morgan fingerprint density at radius 1 is 1.00 bits per heavy atom. The molecule has 2 fully saturated rings. The summed E-state index contributed by atoms with van der Waals surface area (Å²) in [6.45, 7) is -1.11. The van der Waals surface area contributed by atoms with Crippen molar-refractivity contribution in [2.75, 3.05) is 11.6 Å². The molecule has 0 radical (unpaired) electrons. The van der Waals surface area contributed by atoms with Crippen molar-refractivity contribution >= 4 is 23.4 Å². The number of anilines is 1. The number of alkyl halides is 6. The monoisotopic (exact) mass is 432 g/mol. The van der Waals surface area contributed by atoms with Gasteiger partial charge in [-0.25, -0.2) is 0 Å². The van der Waals surface area contributed by atoms with Crippen LogP contribution in [0.1, 0.15) is 12.0 Å². The van der Waals surface area contributed by atoms with Crippen LogP contribution in [0.5, 0.6) is 0 Å². The zero-order chi connectivity index (χ0) is 22.0. The number of fused-ring (bicyclic) bond motifs is 5. The summed E-state index contributed by atoms with van der Waals surface area (Å²) in [4.78, 5) is 38.0. The molecule has 0 unspecified atom stereocenters. The third-order valence-corrected chi connectivity index (χ3v) is 5.82. The van der Waals surface area contributed by atoms with E-state index in [4.69, 9.17) is 0 Å². The summed E-state index contributed by atoms with van der Waals surface area (Å²) in [7, 11) is 0. The van der Waals surface area contributed by atoms with E-state index in [2.05, 4.69) is 0 Å². The SMILES string of the molecule is O=C1[C@H]2[C@H](C(=O)N1CN(C(=O)C(F)(F)F)c1cccc(C(F)(F)F)c1)[C@@H]1C=C[C@@H]2C1. The second-order valence-electron chi connectivity index (χ2n) is 7.52. The summed E-state index contributed by atoms with van der Waals surface area (Å²) in [6.07, 6.45) is -6.11. The van der Waals surface area contributed by atoms with E-state index in [0.29, 0.717) is 23.5 Å². The molecular formula is C19H14F6N2O3. The van der Waals surface area contributed by atoms with Crippen LogP contribution in [0.4, 0.5) is 32.0 Å². The third-order valence-electron chi connectivity index (χ3n) is 5.82. The highest BCUT2D eigenvalue weighted by Crippen LogP contribution is 2.52. The first-order valence-electron chi connectivity index (χ1n) is 8.99. The summed E-state index contributed by atoms with van der Waals surface area (Å²) in [5.74, 6) is -5.74. The Hall–Kier alpha value is -2.85. The second kappa shape index (κ2) is 6.58. The molecule has 4 atom stereocenters. The predicted octanol–water partition coefficient (Wildman–Crippen LogP) is 3.37. The van der Waals surface area contributed by atoms with Crippen LogP contribution in [0.25, 0.3) is 0 Å². The summed E-state index contributed by atoms with van der Waals surface area (Å²) < 4.78 is 78.4. The van der Waals surface area contributed by atoms with Crippen LogP contribution >= 0.6 is 0 Å². The molecular weight excluding hydrogens is 418 g/mol. The molecule has 1 saturated heterocycles. The number of carbonyl (C=O) groups excluding carboxylic acids is 3. The third kappa shape index (κ3) is 3.16. The van der Waals surface area contributed by atoms with Crippen LogP contribution in [0.3, 0.4) is 0 Å². The number of hydrogen-bond donors (Lipinski definition) is 0. The average Bonchev–Trinajstić information content (AvgIpc) is 3.33. The van der Waals surface area contributed by atoms with Gasteiger partial charge in [-0.15, -0.1) is 0 Å². The van der Waals surface area contributed by atoms with Crippen LogP contribution in [-0.2, 0) is 20.6 Å². The lowest BCUT2D eigenvalue weighted by molar-refractivity contribution is -0.171. The van der Waals surface area contributed by atoms with Crippen molar-refractivity contribution in [3.8, 4) is 0 Å². The topological polar surface area (TPSA) is 57.7 Å². The minimum Gasteiger partial charge on any atom is -0.286 e. The van der Waals surface area contributed by atoms with Crippen molar-refractivity contribution in [1.29, 1.82) is 0 Å². The molecule has 160 valence electrons. The molecule has 4 rings (SSSR count). The van der Waals surface area contributed by atoms with E-state index in [0.717, 1.165) is 12.1 Å². The maximum atomic E-state index is 13.1. The number of nitrogens with zero attached hydrogens (tertiary/aromatic N) is 2. The Morgan fingerprint density at radius 2 is 1.57 bits per heavy atom. The van der Waals surface area contributed by atoms with E-state index in [1.807, 2.05) is 0 Å². The maximum absolute atomic E-state index is 13.1. The molecule has 2 bridgehead atoms. The highest BCUT2D eigenvalue weighted by Gasteiger charge is 2.60. The van der Waals surface area contributed by atoms with Gasteiger partial charge in [-0.3, -0.25) is 24.2 Å². The fourth-order valence-corrected chi connectivity index (χ4v) is 4.51. The number of benzene rings is 1. The molecule has 0 spiro atoms. The lowest BCUT2D eigenvalue weighted by Crippen LogP contribution is -2.49. The molecule has 5 nitrogen and oxygen atoms in total. The summed E-state index contributed by atoms with van der Waals surface area (Å²) in [5.41, 5.74) is -1.98. The van der Waals surface area contributed by atoms with Gasteiger partial charge in [-0.2, -0.15) is 26.3 Å². The van der Waals surface area contributed by atoms with Crippen molar-refractivity contribution in [2.24, 2.45) is 23.7 Å². The van der Waals surface area contributed by atoms with Crippen LogP contribution in [0.2, 0.25) is 0 Å². The number of likely N-dealkylation sites (tertiary alicyclic amines) is 1.